The van der Waals surface area contributed by atoms with Gasteiger partial charge in [0.25, 0.3) is 11.8 Å². The Hall–Kier alpha value is -2.61. The molecule has 0 radical (unpaired) electrons. The van der Waals surface area contributed by atoms with Crippen LogP contribution < -0.4 is 0 Å². The van der Waals surface area contributed by atoms with Gasteiger partial charge < -0.3 is 9.47 Å². The number of aromatic nitrogens is 2. The van der Waals surface area contributed by atoms with Gasteiger partial charge >= 0.3 is 5.97 Å². The van der Waals surface area contributed by atoms with E-state index in [1.54, 1.807) is 19.9 Å². The first-order valence-electron chi connectivity index (χ1n) is 7.39. The molecule has 130 valence electrons. The van der Waals surface area contributed by atoms with Gasteiger partial charge in [0.2, 0.25) is 5.82 Å². The number of halogens is 1. The first-order chi connectivity index (χ1) is 12.0. The van der Waals surface area contributed by atoms with E-state index in [0.717, 1.165) is 0 Å². The molecule has 0 spiro atoms. The molecule has 0 saturated carbocycles. The van der Waals surface area contributed by atoms with Gasteiger partial charge in [-0.2, -0.15) is 4.99 Å². The van der Waals surface area contributed by atoms with Gasteiger partial charge in [0.1, 0.15) is 0 Å². The van der Waals surface area contributed by atoms with Gasteiger partial charge in [-0.25, -0.2) is 14.8 Å². The van der Waals surface area contributed by atoms with Crippen molar-refractivity contribution in [3.8, 4) is 0 Å². The van der Waals surface area contributed by atoms with E-state index in [9.17, 15) is 9.59 Å². The average Bonchev–Trinajstić information content (AvgIpc) is 2.61. The van der Waals surface area contributed by atoms with E-state index in [1.165, 1.54) is 31.6 Å². The van der Waals surface area contributed by atoms with E-state index in [-0.39, 0.29) is 11.7 Å². The molecule has 0 atom stereocenters. The summed E-state index contributed by atoms with van der Waals surface area (Å²) in [7, 11) is 1.30. The molecule has 0 unspecified atom stereocenters. The number of aryl methyl sites for hydroxylation is 1. The van der Waals surface area contributed by atoms with Crippen LogP contribution in [0.4, 0.5) is 0 Å². The Morgan fingerprint density at radius 3 is 2.48 bits per heavy atom. The predicted octanol–water partition coefficient (Wildman–Crippen LogP) is 2.96. The number of esters is 1. The predicted molar refractivity (Wildman–Crippen MR) is 94.7 cm³/mol. The van der Waals surface area contributed by atoms with Crippen LogP contribution >= 0.6 is 15.9 Å². The number of rotatable bonds is 4. The lowest BCUT2D eigenvalue weighted by atomic mass is 10.0. The number of ether oxygens (including phenoxy) is 2. The highest BCUT2D eigenvalue weighted by molar-refractivity contribution is 9.10. The van der Waals surface area contributed by atoms with Crippen LogP contribution in [-0.4, -0.2) is 41.5 Å². The molecule has 0 bridgehead atoms. The largest absolute Gasteiger partial charge is 0.475 e. The van der Waals surface area contributed by atoms with Crippen LogP contribution in [0.1, 0.15) is 39.0 Å². The number of benzene rings is 1. The fraction of sp³-hybridized carbons (Fsp3) is 0.235. The lowest BCUT2D eigenvalue weighted by Crippen LogP contribution is -2.14. The number of hydrogen-bond acceptors (Lipinski definition) is 6. The van der Waals surface area contributed by atoms with Gasteiger partial charge in [-0.05, 0) is 53.5 Å². The van der Waals surface area contributed by atoms with Crippen LogP contribution in [0.2, 0.25) is 0 Å². The van der Waals surface area contributed by atoms with Crippen molar-refractivity contribution in [1.82, 2.24) is 9.97 Å². The zero-order valence-corrected chi connectivity index (χ0v) is 15.5. The SMILES string of the molecule is CCOC(=NC(=O)c1ccc(C(=O)OC)c(C)c1)c1ncc(Br)cn1. The van der Waals surface area contributed by atoms with Crippen molar-refractivity contribution < 1.29 is 19.1 Å². The van der Waals surface area contributed by atoms with E-state index in [2.05, 4.69) is 35.6 Å². The highest BCUT2D eigenvalue weighted by atomic mass is 79.9. The molecule has 2 aromatic rings. The summed E-state index contributed by atoms with van der Waals surface area (Å²) in [6.45, 7) is 3.80. The maximum atomic E-state index is 12.4. The normalized spacial score (nSPS) is 11.1. The van der Waals surface area contributed by atoms with Crippen LogP contribution in [0.15, 0.2) is 40.1 Å². The fourth-order valence-corrected chi connectivity index (χ4v) is 2.20. The van der Waals surface area contributed by atoms with Gasteiger partial charge in [-0.1, -0.05) is 0 Å². The molecule has 2 rings (SSSR count). The number of carbonyl (C=O) groups excluding carboxylic acids is 2. The van der Waals surface area contributed by atoms with E-state index in [0.29, 0.717) is 27.8 Å². The smallest absolute Gasteiger partial charge is 0.338 e. The van der Waals surface area contributed by atoms with Crippen LogP contribution in [0.25, 0.3) is 0 Å². The molecule has 0 N–H and O–H groups in total. The summed E-state index contributed by atoms with van der Waals surface area (Å²) >= 11 is 3.24. The minimum Gasteiger partial charge on any atom is -0.475 e. The first kappa shape index (κ1) is 18.7. The molecule has 0 aliphatic heterocycles. The summed E-state index contributed by atoms with van der Waals surface area (Å²) in [6.07, 6.45) is 3.08. The van der Waals surface area contributed by atoms with Gasteiger partial charge in [0.05, 0.1) is 23.8 Å². The Kier molecular flexibility index (Phi) is 6.35. The molecule has 1 aromatic heterocycles. The number of amides is 1. The summed E-state index contributed by atoms with van der Waals surface area (Å²) < 4.78 is 10.8. The molecular weight excluding hydrogens is 390 g/mol. The van der Waals surface area contributed by atoms with Crippen molar-refractivity contribution in [2.75, 3.05) is 13.7 Å². The van der Waals surface area contributed by atoms with Crippen LogP contribution in [-0.2, 0) is 9.47 Å². The summed E-state index contributed by atoms with van der Waals surface area (Å²) in [5.41, 5.74) is 1.33. The topological polar surface area (TPSA) is 90.7 Å². The highest BCUT2D eigenvalue weighted by Crippen LogP contribution is 2.14. The molecule has 1 heterocycles. The second kappa shape index (κ2) is 8.48. The second-order valence-corrected chi connectivity index (χ2v) is 5.82. The zero-order chi connectivity index (χ0) is 18.4. The summed E-state index contributed by atoms with van der Waals surface area (Å²) in [5.74, 6) is -0.733. The standard InChI is InChI=1S/C17H16BrN3O4/c1-4-25-16(14-19-8-12(18)9-20-14)21-15(22)11-5-6-13(10(2)7-11)17(23)24-3/h5-9H,4H2,1-3H3. The minimum absolute atomic E-state index is 0.0368. The van der Waals surface area contributed by atoms with E-state index < -0.39 is 11.9 Å². The molecule has 1 amide bonds. The maximum absolute atomic E-state index is 12.4. The Morgan fingerprint density at radius 1 is 1.24 bits per heavy atom. The van der Waals surface area contributed by atoms with Crippen LogP contribution in [0, 0.1) is 6.92 Å². The molecule has 0 fully saturated rings. The molecule has 0 aliphatic rings. The fourth-order valence-electron chi connectivity index (χ4n) is 2.00. The number of carbonyl (C=O) groups is 2. The second-order valence-electron chi connectivity index (χ2n) is 4.90. The van der Waals surface area contributed by atoms with Gasteiger partial charge in [0, 0.05) is 18.0 Å². The van der Waals surface area contributed by atoms with E-state index in [1.807, 2.05) is 0 Å². The number of aliphatic imine (C=N–C) groups is 1. The minimum atomic E-state index is -0.519. The first-order valence-corrected chi connectivity index (χ1v) is 8.18. The molecule has 0 saturated heterocycles. The van der Waals surface area contributed by atoms with Crippen molar-refractivity contribution in [1.29, 1.82) is 0 Å². The third-order valence-electron chi connectivity index (χ3n) is 3.17. The third-order valence-corrected chi connectivity index (χ3v) is 3.58. The Morgan fingerprint density at radius 2 is 1.92 bits per heavy atom. The van der Waals surface area contributed by atoms with Gasteiger partial charge in [-0.3, -0.25) is 4.79 Å². The zero-order valence-electron chi connectivity index (χ0n) is 13.9. The Labute approximate surface area is 153 Å². The molecule has 8 heteroatoms. The monoisotopic (exact) mass is 405 g/mol. The highest BCUT2D eigenvalue weighted by Gasteiger charge is 2.15. The molecule has 25 heavy (non-hydrogen) atoms. The summed E-state index contributed by atoms with van der Waals surface area (Å²) in [4.78, 5) is 36.2. The molecule has 0 aliphatic carbocycles. The number of hydrogen-bond donors (Lipinski definition) is 0. The number of methoxy groups -OCH3 is 1. The third kappa shape index (κ3) is 4.69. The number of nitrogens with zero attached hydrogens (tertiary/aromatic N) is 3. The average molecular weight is 406 g/mol. The van der Waals surface area contributed by atoms with Crippen LogP contribution in [0.5, 0.6) is 0 Å². The van der Waals surface area contributed by atoms with Crippen molar-refractivity contribution in [2.45, 2.75) is 13.8 Å². The van der Waals surface area contributed by atoms with Crippen molar-refractivity contribution in [3.05, 3.63) is 57.6 Å². The van der Waals surface area contributed by atoms with Crippen molar-refractivity contribution >= 4 is 33.7 Å². The van der Waals surface area contributed by atoms with Gasteiger partial charge in [0.15, 0.2) is 0 Å². The lowest BCUT2D eigenvalue weighted by Gasteiger charge is -2.07. The Balaban J connectivity index is 2.33. The van der Waals surface area contributed by atoms with Crippen molar-refractivity contribution in [3.63, 3.8) is 0 Å². The summed E-state index contributed by atoms with van der Waals surface area (Å²) in [5, 5.41) is 0. The van der Waals surface area contributed by atoms with E-state index in [4.69, 9.17) is 4.74 Å². The van der Waals surface area contributed by atoms with Gasteiger partial charge in [-0.15, -0.1) is 0 Å². The van der Waals surface area contributed by atoms with Crippen molar-refractivity contribution in [2.24, 2.45) is 4.99 Å². The van der Waals surface area contributed by atoms with Crippen LogP contribution in [0.3, 0.4) is 0 Å². The molecular formula is C17H16BrN3O4. The molecule has 1 aromatic carbocycles. The summed E-state index contributed by atoms with van der Waals surface area (Å²) in [6, 6.07) is 4.61. The molecule has 7 nitrogen and oxygen atoms in total. The lowest BCUT2D eigenvalue weighted by molar-refractivity contribution is 0.0599. The quantitative estimate of drug-likeness (QED) is 0.441. The van der Waals surface area contributed by atoms with E-state index >= 15 is 0 Å². The Bertz CT molecular complexity index is 819. The maximum Gasteiger partial charge on any atom is 0.338 e.